The maximum absolute atomic E-state index is 12.8. The molecule has 0 saturated carbocycles. The van der Waals surface area contributed by atoms with Crippen molar-refractivity contribution in [3.8, 4) is 78.6 Å². The van der Waals surface area contributed by atoms with E-state index >= 15 is 0 Å². The highest BCUT2D eigenvalue weighted by Crippen LogP contribution is 2.56. The van der Waals surface area contributed by atoms with Crippen molar-refractivity contribution in [2.75, 3.05) is 0 Å². The topological polar surface area (TPSA) is 50.9 Å². The highest BCUT2D eigenvalue weighted by Gasteiger charge is 2.47. The summed E-state index contributed by atoms with van der Waals surface area (Å²) in [4.78, 5) is 10.8. The number of pyridine rings is 1. The molecule has 1 N–H and O–H groups in total. The first-order valence-corrected chi connectivity index (χ1v) is 26.4. The van der Waals surface area contributed by atoms with Gasteiger partial charge >= 0.3 is 0 Å². The third-order valence-electron chi connectivity index (χ3n) is 16.6. The molecule has 370 valence electrons. The number of benzene rings is 8. The van der Waals surface area contributed by atoms with Crippen LogP contribution in [0.5, 0.6) is 5.75 Å². The normalized spacial score (nSPS) is 14.3. The smallest absolute Gasteiger partial charge is 0.149 e. The van der Waals surface area contributed by atoms with Gasteiger partial charge in [-0.2, -0.15) is 0 Å². The van der Waals surface area contributed by atoms with Crippen LogP contribution < -0.4 is 0 Å². The molecule has 0 aliphatic heterocycles. The molecular formula is C70H69N3O. The van der Waals surface area contributed by atoms with E-state index in [0.29, 0.717) is 11.4 Å². The van der Waals surface area contributed by atoms with Crippen LogP contribution in [0, 0.1) is 0 Å². The summed E-state index contributed by atoms with van der Waals surface area (Å²) in [6.45, 7) is 29.7. The van der Waals surface area contributed by atoms with Crippen molar-refractivity contribution in [1.29, 1.82) is 0 Å². The Morgan fingerprint density at radius 2 is 1.08 bits per heavy atom. The van der Waals surface area contributed by atoms with Crippen LogP contribution in [0.2, 0.25) is 0 Å². The molecule has 1 aliphatic carbocycles. The van der Waals surface area contributed by atoms with Gasteiger partial charge in [-0.25, -0.2) is 4.98 Å². The molecule has 74 heavy (non-hydrogen) atoms. The Morgan fingerprint density at radius 1 is 0.446 bits per heavy atom. The summed E-state index contributed by atoms with van der Waals surface area (Å²) in [7, 11) is 0. The van der Waals surface area contributed by atoms with Crippen LogP contribution in [0.15, 0.2) is 176 Å². The van der Waals surface area contributed by atoms with Crippen molar-refractivity contribution in [1.82, 2.24) is 14.5 Å². The lowest BCUT2D eigenvalue weighted by atomic mass is 9.66. The van der Waals surface area contributed by atoms with Gasteiger partial charge in [0.2, 0.25) is 0 Å². The van der Waals surface area contributed by atoms with Gasteiger partial charge in [-0.3, -0.25) is 9.55 Å². The Labute approximate surface area is 438 Å². The van der Waals surface area contributed by atoms with Crippen molar-refractivity contribution in [2.24, 2.45) is 0 Å². The fourth-order valence-electron chi connectivity index (χ4n) is 11.4. The third kappa shape index (κ3) is 8.05. The second kappa shape index (κ2) is 17.3. The average molecular weight is 968 g/mol. The van der Waals surface area contributed by atoms with E-state index in [1.54, 1.807) is 0 Å². The molecule has 1 aliphatic rings. The molecule has 0 atom stereocenters. The molecule has 0 radical (unpaired) electrons. The number of phenols is 1. The zero-order chi connectivity index (χ0) is 52.3. The standard InChI is InChI=1S/C70H69N3O/c1-66(2,3)49-37-47(36-48(38-49)59-40-45(34-35-71-59)43-22-16-14-17-23-43)52-26-21-29-61-63(52)72-65(55-41-50(67(4,5)6)42-58(64(55)74)68(7,8)9)73(61)60-33-30-46(39-54(60)44-24-18-15-19-25-44)51-31-32-57-62-53(51)27-20-28-56(62)69(10,11)70(57,12)13/h14-42,74H,1-13H3. The molecule has 10 aromatic rings. The molecule has 0 amide bonds. The molecule has 4 nitrogen and oxygen atoms in total. The van der Waals surface area contributed by atoms with Crippen molar-refractivity contribution in [3.63, 3.8) is 0 Å². The number of rotatable bonds is 7. The molecule has 2 heterocycles. The fraction of sp³-hybridized carbons (Fsp3) is 0.257. The quantitative estimate of drug-likeness (QED) is 0.173. The van der Waals surface area contributed by atoms with Gasteiger partial charge in [0.05, 0.1) is 28.0 Å². The van der Waals surface area contributed by atoms with E-state index in [4.69, 9.17) is 9.97 Å². The van der Waals surface area contributed by atoms with Crippen LogP contribution in [0.3, 0.4) is 0 Å². The third-order valence-corrected chi connectivity index (χ3v) is 16.6. The highest BCUT2D eigenvalue weighted by atomic mass is 16.3. The molecule has 4 heteroatoms. The van der Waals surface area contributed by atoms with Gasteiger partial charge in [0.1, 0.15) is 11.6 Å². The van der Waals surface area contributed by atoms with Gasteiger partial charge < -0.3 is 5.11 Å². The van der Waals surface area contributed by atoms with Gasteiger partial charge in [0.15, 0.2) is 0 Å². The van der Waals surface area contributed by atoms with Gasteiger partial charge in [0, 0.05) is 28.5 Å². The van der Waals surface area contributed by atoms with Crippen molar-refractivity contribution < 1.29 is 5.11 Å². The van der Waals surface area contributed by atoms with Crippen molar-refractivity contribution in [3.05, 3.63) is 204 Å². The number of imidazole rings is 1. The van der Waals surface area contributed by atoms with E-state index in [-0.39, 0.29) is 32.8 Å². The molecule has 0 bridgehead atoms. The Hall–Kier alpha value is -7.56. The number of fused-ring (bicyclic) bond motifs is 1. The molecule has 0 unspecified atom stereocenters. The Balaban J connectivity index is 1.20. The largest absolute Gasteiger partial charge is 0.507 e. The SMILES string of the molecule is CC(C)(C)c1cc(-c2cc(-c3ccccc3)ccn2)cc(-c2cccc3c2nc(-c2cc(C(C)(C)C)cc(C(C)(C)C)c2O)n3-c2ccc(-c3ccc4c5c(cccc35)C(C)(C)C4(C)C)cc2-c2ccccc2)c1. The summed E-state index contributed by atoms with van der Waals surface area (Å²) in [5.41, 5.74) is 19.6. The number of nitrogens with zero attached hydrogens (tertiary/aromatic N) is 3. The van der Waals surface area contributed by atoms with Crippen LogP contribution in [0.1, 0.15) is 118 Å². The number of hydrogen-bond donors (Lipinski definition) is 1. The van der Waals surface area contributed by atoms with Crippen molar-refractivity contribution >= 4 is 21.8 Å². The average Bonchev–Trinajstić information content (AvgIpc) is 3.84. The van der Waals surface area contributed by atoms with Gasteiger partial charge in [-0.15, -0.1) is 0 Å². The maximum Gasteiger partial charge on any atom is 0.149 e. The zero-order valence-corrected chi connectivity index (χ0v) is 45.5. The first kappa shape index (κ1) is 48.7. The monoisotopic (exact) mass is 968 g/mol. The minimum absolute atomic E-state index is 0.0209. The molecule has 0 spiro atoms. The number of para-hydroxylation sites is 1. The van der Waals surface area contributed by atoms with E-state index < -0.39 is 0 Å². The Bertz CT molecular complexity index is 3810. The Morgan fingerprint density at radius 3 is 1.76 bits per heavy atom. The summed E-state index contributed by atoms with van der Waals surface area (Å²) in [5, 5.41) is 15.4. The molecule has 2 aromatic heterocycles. The van der Waals surface area contributed by atoms with E-state index in [1.807, 2.05) is 6.20 Å². The predicted octanol–water partition coefficient (Wildman–Crippen LogP) is 18.7. The van der Waals surface area contributed by atoms with Gasteiger partial charge in [0.25, 0.3) is 0 Å². The minimum Gasteiger partial charge on any atom is -0.507 e. The second-order valence-electron chi connectivity index (χ2n) is 24.9. The van der Waals surface area contributed by atoms with Gasteiger partial charge in [-0.05, 0) is 142 Å². The highest BCUT2D eigenvalue weighted by molar-refractivity contribution is 6.04. The first-order valence-electron chi connectivity index (χ1n) is 26.4. The molecule has 11 rings (SSSR count). The molecule has 0 saturated heterocycles. The summed E-state index contributed by atoms with van der Waals surface area (Å²) in [6.07, 6.45) is 1.92. The lowest BCUT2D eigenvalue weighted by Crippen LogP contribution is -2.35. The lowest BCUT2D eigenvalue weighted by molar-refractivity contribution is 0.322. The van der Waals surface area contributed by atoms with Crippen molar-refractivity contribution in [2.45, 2.75) is 117 Å². The van der Waals surface area contributed by atoms with E-state index in [9.17, 15) is 5.11 Å². The zero-order valence-electron chi connectivity index (χ0n) is 45.5. The fourth-order valence-corrected chi connectivity index (χ4v) is 11.4. The van der Waals surface area contributed by atoms with Gasteiger partial charge in [-0.1, -0.05) is 211 Å². The van der Waals surface area contributed by atoms with E-state index in [1.165, 1.54) is 33.0 Å². The van der Waals surface area contributed by atoms with Crippen LogP contribution in [-0.4, -0.2) is 19.6 Å². The summed E-state index contributed by atoms with van der Waals surface area (Å²) in [5.74, 6) is 0.937. The number of aromatic nitrogens is 3. The van der Waals surface area contributed by atoms with Crippen LogP contribution >= 0.6 is 0 Å². The lowest BCUT2D eigenvalue weighted by Gasteiger charge is -2.37. The Kier molecular flexibility index (Phi) is 11.4. The predicted molar refractivity (Wildman–Crippen MR) is 313 cm³/mol. The minimum atomic E-state index is -0.349. The number of phenolic OH excluding ortho intramolecular Hbond substituents is 1. The van der Waals surface area contributed by atoms with Crippen LogP contribution in [0.4, 0.5) is 0 Å². The number of hydrogen-bond acceptors (Lipinski definition) is 3. The molecular weight excluding hydrogens is 899 g/mol. The van der Waals surface area contributed by atoms with Crippen LogP contribution in [0.25, 0.3) is 94.6 Å². The molecule has 0 fully saturated rings. The summed E-state index contributed by atoms with van der Waals surface area (Å²) < 4.78 is 2.32. The maximum atomic E-state index is 12.8. The van der Waals surface area contributed by atoms with E-state index in [0.717, 1.165) is 78.0 Å². The van der Waals surface area contributed by atoms with Crippen LogP contribution in [-0.2, 0) is 27.1 Å². The molecule has 8 aromatic carbocycles. The first-order chi connectivity index (χ1) is 35.0. The summed E-state index contributed by atoms with van der Waals surface area (Å²) >= 11 is 0. The van der Waals surface area contributed by atoms with E-state index in [2.05, 4.69) is 264 Å². The summed E-state index contributed by atoms with van der Waals surface area (Å²) in [6, 6.07) is 61.9. The second-order valence-corrected chi connectivity index (χ2v) is 24.9. The number of aromatic hydroxyl groups is 1.